The molecule has 1 heterocycles. The van der Waals surface area contributed by atoms with Crippen LogP contribution < -0.4 is 4.90 Å². The number of aliphatic imine (C=N–C) groups is 1. The molecule has 6 heteroatoms. The van der Waals surface area contributed by atoms with E-state index in [-0.39, 0.29) is 5.82 Å². The van der Waals surface area contributed by atoms with Crippen molar-refractivity contribution in [3.8, 4) is 0 Å². The van der Waals surface area contributed by atoms with Crippen LogP contribution >= 0.6 is 0 Å². The van der Waals surface area contributed by atoms with E-state index in [0.29, 0.717) is 17.3 Å². The summed E-state index contributed by atoms with van der Waals surface area (Å²) in [5.41, 5.74) is 2.16. The highest BCUT2D eigenvalue weighted by molar-refractivity contribution is 5.71. The first-order valence-electron chi connectivity index (χ1n) is 7.08. The van der Waals surface area contributed by atoms with Crippen molar-refractivity contribution in [3.63, 3.8) is 0 Å². The van der Waals surface area contributed by atoms with E-state index in [2.05, 4.69) is 15.0 Å². The van der Waals surface area contributed by atoms with Crippen molar-refractivity contribution in [1.29, 1.82) is 0 Å². The van der Waals surface area contributed by atoms with E-state index in [1.807, 2.05) is 32.8 Å². The highest BCUT2D eigenvalue weighted by Crippen LogP contribution is 2.32. The molecule has 0 N–H and O–H groups in total. The Morgan fingerprint density at radius 1 is 1.23 bits per heavy atom. The Kier molecular flexibility index (Phi) is 5.04. The Hall–Kier alpha value is -2.50. The van der Waals surface area contributed by atoms with Crippen LogP contribution in [0.4, 0.5) is 21.7 Å². The first-order valence-corrected chi connectivity index (χ1v) is 7.08. The fourth-order valence-electron chi connectivity index (χ4n) is 1.95. The maximum atomic E-state index is 13.9. The maximum Gasteiger partial charge on any atom is 0.229 e. The van der Waals surface area contributed by atoms with Gasteiger partial charge in [-0.2, -0.15) is 0 Å². The van der Waals surface area contributed by atoms with E-state index in [9.17, 15) is 4.39 Å². The Bertz CT molecular complexity index is 657. The zero-order valence-corrected chi connectivity index (χ0v) is 13.3. The Morgan fingerprint density at radius 2 is 1.91 bits per heavy atom. The number of hydrogen-bond donors (Lipinski definition) is 0. The number of aromatic nitrogens is 2. The minimum Gasteiger partial charge on any atom is -0.366 e. The maximum absolute atomic E-state index is 13.9. The lowest BCUT2D eigenvalue weighted by Crippen LogP contribution is -2.15. The van der Waals surface area contributed by atoms with Crippen LogP contribution in [0, 0.1) is 12.7 Å². The second-order valence-electron chi connectivity index (χ2n) is 4.99. The molecule has 0 fully saturated rings. The van der Waals surface area contributed by atoms with Gasteiger partial charge in [0.2, 0.25) is 5.95 Å². The third-order valence-electron chi connectivity index (χ3n) is 3.42. The Balaban J connectivity index is 2.40. The van der Waals surface area contributed by atoms with E-state index in [1.165, 1.54) is 12.1 Å². The lowest BCUT2D eigenvalue weighted by molar-refractivity contribution is 0.552. The van der Waals surface area contributed by atoms with E-state index >= 15 is 0 Å². The van der Waals surface area contributed by atoms with Gasteiger partial charge in [-0.1, -0.05) is 0 Å². The summed E-state index contributed by atoms with van der Waals surface area (Å²) in [5.74, 6) is 0.173. The van der Waals surface area contributed by atoms with Crippen molar-refractivity contribution in [1.82, 2.24) is 14.9 Å². The molecule has 2 rings (SSSR count). The van der Waals surface area contributed by atoms with Crippen molar-refractivity contribution in [2.75, 3.05) is 25.5 Å². The summed E-state index contributed by atoms with van der Waals surface area (Å²) < 4.78 is 13.9. The van der Waals surface area contributed by atoms with Crippen LogP contribution in [0.25, 0.3) is 0 Å². The van der Waals surface area contributed by atoms with Gasteiger partial charge in [-0.15, -0.1) is 0 Å². The van der Waals surface area contributed by atoms with Gasteiger partial charge in [-0.3, -0.25) is 0 Å². The smallest absolute Gasteiger partial charge is 0.229 e. The first kappa shape index (κ1) is 15.9. The fourth-order valence-corrected chi connectivity index (χ4v) is 1.95. The van der Waals surface area contributed by atoms with Gasteiger partial charge in [0.05, 0.1) is 17.7 Å². The number of halogens is 1. The molecule has 1 aromatic heterocycles. The number of benzene rings is 1. The average molecular weight is 301 g/mol. The lowest BCUT2D eigenvalue weighted by Gasteiger charge is -2.20. The van der Waals surface area contributed by atoms with Gasteiger partial charge in [0.1, 0.15) is 5.82 Å². The summed E-state index contributed by atoms with van der Waals surface area (Å²) in [4.78, 5) is 16.4. The molecule has 0 aliphatic carbocycles. The number of anilines is 2. The van der Waals surface area contributed by atoms with Crippen LogP contribution in [0.5, 0.6) is 0 Å². The second kappa shape index (κ2) is 6.98. The quantitative estimate of drug-likeness (QED) is 0.628. The standard InChI is InChI=1S/C16H20FN5/c1-5-21(3)11-20-14-9-13(17)10-15(12(14)2)22(4)16-18-7-6-8-19-16/h6-11H,5H2,1-4H3. The Morgan fingerprint density at radius 3 is 2.55 bits per heavy atom. The third kappa shape index (κ3) is 3.58. The van der Waals surface area contributed by atoms with E-state index < -0.39 is 0 Å². The number of nitrogens with zero attached hydrogens (tertiary/aromatic N) is 5. The van der Waals surface area contributed by atoms with E-state index in [4.69, 9.17) is 0 Å². The molecule has 0 bridgehead atoms. The normalized spacial score (nSPS) is 11.0. The van der Waals surface area contributed by atoms with E-state index in [0.717, 1.165) is 12.1 Å². The second-order valence-corrected chi connectivity index (χ2v) is 4.99. The van der Waals surface area contributed by atoms with Crippen LogP contribution in [0.2, 0.25) is 0 Å². The summed E-state index contributed by atoms with van der Waals surface area (Å²) in [7, 11) is 3.73. The molecule has 1 aromatic carbocycles. The van der Waals surface area contributed by atoms with Gasteiger partial charge in [0.15, 0.2) is 0 Å². The van der Waals surface area contributed by atoms with Gasteiger partial charge >= 0.3 is 0 Å². The van der Waals surface area contributed by atoms with Crippen LogP contribution in [-0.2, 0) is 0 Å². The summed E-state index contributed by atoms with van der Waals surface area (Å²) in [6.45, 7) is 4.77. The number of hydrogen-bond acceptors (Lipinski definition) is 4. The number of rotatable bonds is 5. The highest BCUT2D eigenvalue weighted by Gasteiger charge is 2.13. The molecule has 0 saturated carbocycles. The van der Waals surface area contributed by atoms with Gasteiger partial charge in [-0.05, 0) is 37.6 Å². The molecule has 116 valence electrons. The minimum atomic E-state index is -0.338. The monoisotopic (exact) mass is 301 g/mol. The van der Waals surface area contributed by atoms with Crippen molar-refractivity contribution in [2.24, 2.45) is 4.99 Å². The molecule has 0 atom stereocenters. The predicted octanol–water partition coefficient (Wildman–Crippen LogP) is 3.30. The molecular weight excluding hydrogens is 281 g/mol. The Labute approximate surface area is 130 Å². The SMILES string of the molecule is CCN(C)C=Nc1cc(F)cc(N(C)c2ncccn2)c1C. The lowest BCUT2D eigenvalue weighted by atomic mass is 10.1. The summed E-state index contributed by atoms with van der Waals surface area (Å²) in [6, 6.07) is 4.64. The van der Waals surface area contributed by atoms with Crippen molar-refractivity contribution in [2.45, 2.75) is 13.8 Å². The third-order valence-corrected chi connectivity index (χ3v) is 3.42. The molecule has 0 saturated heterocycles. The molecule has 0 spiro atoms. The van der Waals surface area contributed by atoms with E-state index in [1.54, 1.807) is 29.7 Å². The molecule has 0 unspecified atom stereocenters. The molecular formula is C16H20FN5. The molecule has 0 aliphatic rings. The van der Waals surface area contributed by atoms with Crippen LogP contribution in [-0.4, -0.2) is 41.8 Å². The molecule has 0 radical (unpaired) electrons. The largest absolute Gasteiger partial charge is 0.366 e. The fraction of sp³-hybridized carbons (Fsp3) is 0.312. The van der Waals surface area contributed by atoms with Gasteiger partial charge in [0.25, 0.3) is 0 Å². The highest BCUT2D eigenvalue weighted by atomic mass is 19.1. The zero-order valence-electron chi connectivity index (χ0n) is 13.3. The molecule has 2 aromatic rings. The molecule has 5 nitrogen and oxygen atoms in total. The van der Waals surface area contributed by atoms with Gasteiger partial charge in [-0.25, -0.2) is 19.4 Å². The van der Waals surface area contributed by atoms with Crippen LogP contribution in [0.1, 0.15) is 12.5 Å². The average Bonchev–Trinajstić information content (AvgIpc) is 2.55. The van der Waals surface area contributed by atoms with Gasteiger partial charge in [0, 0.05) is 33.0 Å². The molecule has 22 heavy (non-hydrogen) atoms. The van der Waals surface area contributed by atoms with Crippen molar-refractivity contribution < 1.29 is 4.39 Å². The predicted molar refractivity (Wildman–Crippen MR) is 87.7 cm³/mol. The first-order chi connectivity index (χ1) is 10.5. The van der Waals surface area contributed by atoms with Crippen molar-refractivity contribution >= 4 is 23.7 Å². The van der Waals surface area contributed by atoms with Crippen molar-refractivity contribution in [3.05, 3.63) is 42.0 Å². The summed E-state index contributed by atoms with van der Waals surface area (Å²) >= 11 is 0. The van der Waals surface area contributed by atoms with Gasteiger partial charge < -0.3 is 9.80 Å². The zero-order chi connectivity index (χ0) is 16.1. The molecule has 0 amide bonds. The minimum absolute atomic E-state index is 0.338. The summed E-state index contributed by atoms with van der Waals surface area (Å²) in [5, 5.41) is 0. The topological polar surface area (TPSA) is 44.6 Å². The van der Waals surface area contributed by atoms with Crippen LogP contribution in [0.3, 0.4) is 0 Å². The van der Waals surface area contributed by atoms with Crippen LogP contribution in [0.15, 0.2) is 35.6 Å². The summed E-state index contributed by atoms with van der Waals surface area (Å²) in [6.07, 6.45) is 5.01. The molecule has 0 aliphatic heterocycles.